The van der Waals surface area contributed by atoms with Crippen LogP contribution in [0.2, 0.25) is 0 Å². The average molecular weight is 338 g/mol. The third-order valence-electron chi connectivity index (χ3n) is 2.31. The lowest BCUT2D eigenvalue weighted by molar-refractivity contribution is 0.0734. The second-order valence-electron chi connectivity index (χ2n) is 3.71. The van der Waals surface area contributed by atoms with E-state index in [2.05, 4.69) is 22.6 Å². The fraction of sp³-hybridized carbons (Fsp3) is 0.0714. The Hall–Kier alpha value is -1.36. The molecule has 17 heavy (non-hydrogen) atoms. The van der Waals surface area contributed by atoms with Crippen molar-refractivity contribution >= 4 is 28.6 Å². The highest BCUT2D eigenvalue weighted by molar-refractivity contribution is 14.1. The maximum atomic E-state index is 11.8. The fourth-order valence-corrected chi connectivity index (χ4v) is 1.72. The SMILES string of the molecule is Cc1ccc(OC(=O)c2ccc(I)cc2)cc1. The first-order valence-corrected chi connectivity index (χ1v) is 6.27. The average Bonchev–Trinajstić information content (AvgIpc) is 2.33. The Labute approximate surface area is 114 Å². The van der Waals surface area contributed by atoms with Gasteiger partial charge in [0.15, 0.2) is 0 Å². The van der Waals surface area contributed by atoms with E-state index in [4.69, 9.17) is 4.74 Å². The Balaban J connectivity index is 2.11. The highest BCUT2D eigenvalue weighted by atomic mass is 127. The fourth-order valence-electron chi connectivity index (χ4n) is 1.36. The zero-order valence-corrected chi connectivity index (χ0v) is 11.5. The van der Waals surface area contributed by atoms with Gasteiger partial charge in [-0.1, -0.05) is 17.7 Å². The molecule has 0 aromatic heterocycles. The van der Waals surface area contributed by atoms with E-state index in [9.17, 15) is 4.79 Å². The predicted octanol–water partition coefficient (Wildman–Crippen LogP) is 3.82. The molecule has 2 aromatic rings. The normalized spacial score (nSPS) is 10.0. The first-order valence-electron chi connectivity index (χ1n) is 5.19. The summed E-state index contributed by atoms with van der Waals surface area (Å²) in [5, 5.41) is 0. The molecule has 0 fully saturated rings. The summed E-state index contributed by atoms with van der Waals surface area (Å²) in [6.45, 7) is 1.99. The van der Waals surface area contributed by atoms with Crippen LogP contribution >= 0.6 is 22.6 Å². The molecule has 3 heteroatoms. The maximum Gasteiger partial charge on any atom is 0.343 e. The minimum Gasteiger partial charge on any atom is -0.423 e. The van der Waals surface area contributed by atoms with Crippen LogP contribution in [0.15, 0.2) is 48.5 Å². The summed E-state index contributed by atoms with van der Waals surface area (Å²) < 4.78 is 6.35. The van der Waals surface area contributed by atoms with E-state index in [1.54, 1.807) is 24.3 Å². The summed E-state index contributed by atoms with van der Waals surface area (Å²) >= 11 is 2.19. The Bertz CT molecular complexity index is 515. The first-order chi connectivity index (χ1) is 8.15. The summed E-state index contributed by atoms with van der Waals surface area (Å²) in [7, 11) is 0. The molecule has 2 nitrogen and oxygen atoms in total. The zero-order valence-electron chi connectivity index (χ0n) is 9.31. The van der Waals surface area contributed by atoms with Gasteiger partial charge in [-0.05, 0) is 65.9 Å². The number of hydrogen-bond donors (Lipinski definition) is 0. The van der Waals surface area contributed by atoms with E-state index < -0.39 is 0 Å². The number of benzene rings is 2. The van der Waals surface area contributed by atoms with Gasteiger partial charge in [0.25, 0.3) is 0 Å². The molecule has 0 aliphatic rings. The summed E-state index contributed by atoms with van der Waals surface area (Å²) in [6.07, 6.45) is 0. The second kappa shape index (κ2) is 5.31. The van der Waals surface area contributed by atoms with Crippen molar-refractivity contribution in [3.05, 3.63) is 63.2 Å². The highest BCUT2D eigenvalue weighted by Gasteiger charge is 2.07. The number of rotatable bonds is 2. The number of hydrogen-bond acceptors (Lipinski definition) is 2. The van der Waals surface area contributed by atoms with Crippen LogP contribution < -0.4 is 4.74 Å². The van der Waals surface area contributed by atoms with Gasteiger partial charge in [0.1, 0.15) is 5.75 Å². The molecule has 0 spiro atoms. The predicted molar refractivity (Wildman–Crippen MR) is 75.3 cm³/mol. The van der Waals surface area contributed by atoms with Gasteiger partial charge in [0.2, 0.25) is 0 Å². The van der Waals surface area contributed by atoms with Gasteiger partial charge in [0, 0.05) is 3.57 Å². The molecule has 2 rings (SSSR count). The third-order valence-corrected chi connectivity index (χ3v) is 3.03. The molecule has 0 unspecified atom stereocenters. The molecule has 0 radical (unpaired) electrons. The Morgan fingerprint density at radius 1 is 1.00 bits per heavy atom. The number of aryl methyl sites for hydroxylation is 1. The molecule has 0 amide bonds. The quantitative estimate of drug-likeness (QED) is 0.473. The standard InChI is InChI=1S/C14H11IO2/c1-10-2-8-13(9-3-10)17-14(16)11-4-6-12(15)7-5-11/h2-9H,1H3. The molecule has 2 aromatic carbocycles. The van der Waals surface area contributed by atoms with Crippen molar-refractivity contribution in [3.8, 4) is 5.75 Å². The smallest absolute Gasteiger partial charge is 0.343 e. The van der Waals surface area contributed by atoms with Crippen molar-refractivity contribution in [2.75, 3.05) is 0 Å². The topological polar surface area (TPSA) is 26.3 Å². The molecule has 0 bridgehead atoms. The van der Waals surface area contributed by atoms with Crippen molar-refractivity contribution in [2.45, 2.75) is 6.92 Å². The van der Waals surface area contributed by atoms with Crippen molar-refractivity contribution in [1.82, 2.24) is 0 Å². The van der Waals surface area contributed by atoms with Gasteiger partial charge in [-0.15, -0.1) is 0 Å². The molecular formula is C14H11IO2. The van der Waals surface area contributed by atoms with Crippen LogP contribution in [0.25, 0.3) is 0 Å². The van der Waals surface area contributed by atoms with Gasteiger partial charge in [0.05, 0.1) is 5.56 Å². The van der Waals surface area contributed by atoms with Crippen molar-refractivity contribution in [3.63, 3.8) is 0 Å². The van der Waals surface area contributed by atoms with E-state index in [1.807, 2.05) is 31.2 Å². The molecular weight excluding hydrogens is 327 g/mol. The van der Waals surface area contributed by atoms with E-state index in [0.717, 1.165) is 9.13 Å². The van der Waals surface area contributed by atoms with Crippen LogP contribution in [0.3, 0.4) is 0 Å². The van der Waals surface area contributed by atoms with Crippen LogP contribution in [0.4, 0.5) is 0 Å². The summed E-state index contributed by atoms with van der Waals surface area (Å²) in [4.78, 5) is 11.8. The van der Waals surface area contributed by atoms with Gasteiger partial charge in [-0.2, -0.15) is 0 Å². The lowest BCUT2D eigenvalue weighted by Crippen LogP contribution is -2.08. The van der Waals surface area contributed by atoms with Gasteiger partial charge >= 0.3 is 5.97 Å². The maximum absolute atomic E-state index is 11.8. The van der Waals surface area contributed by atoms with E-state index in [0.29, 0.717) is 11.3 Å². The monoisotopic (exact) mass is 338 g/mol. The summed E-state index contributed by atoms with van der Waals surface area (Å²) in [5.41, 5.74) is 1.70. The van der Waals surface area contributed by atoms with Crippen LogP contribution in [-0.2, 0) is 0 Å². The van der Waals surface area contributed by atoms with Crippen molar-refractivity contribution < 1.29 is 9.53 Å². The Kier molecular flexibility index (Phi) is 3.78. The Morgan fingerprint density at radius 3 is 2.18 bits per heavy atom. The lowest BCUT2D eigenvalue weighted by Gasteiger charge is -2.04. The first kappa shape index (κ1) is 12.1. The Morgan fingerprint density at radius 2 is 1.59 bits per heavy atom. The van der Waals surface area contributed by atoms with E-state index >= 15 is 0 Å². The van der Waals surface area contributed by atoms with Gasteiger partial charge < -0.3 is 4.74 Å². The molecule has 0 aliphatic carbocycles. The number of carbonyl (C=O) groups is 1. The number of esters is 1. The minimum atomic E-state index is -0.328. The van der Waals surface area contributed by atoms with Crippen LogP contribution in [0, 0.1) is 10.5 Å². The highest BCUT2D eigenvalue weighted by Crippen LogP contribution is 2.14. The van der Waals surface area contributed by atoms with Crippen LogP contribution in [-0.4, -0.2) is 5.97 Å². The molecule has 86 valence electrons. The third kappa shape index (κ3) is 3.30. The van der Waals surface area contributed by atoms with Crippen molar-refractivity contribution in [1.29, 1.82) is 0 Å². The van der Waals surface area contributed by atoms with Gasteiger partial charge in [-0.3, -0.25) is 0 Å². The molecule has 0 aliphatic heterocycles. The zero-order chi connectivity index (χ0) is 12.3. The van der Waals surface area contributed by atoms with Gasteiger partial charge in [-0.25, -0.2) is 4.79 Å². The molecule has 0 atom stereocenters. The summed E-state index contributed by atoms with van der Waals surface area (Å²) in [6, 6.07) is 14.7. The van der Waals surface area contributed by atoms with E-state index in [-0.39, 0.29) is 5.97 Å². The number of carbonyl (C=O) groups excluding carboxylic acids is 1. The number of halogens is 1. The van der Waals surface area contributed by atoms with Crippen LogP contribution in [0.1, 0.15) is 15.9 Å². The van der Waals surface area contributed by atoms with Crippen molar-refractivity contribution in [2.24, 2.45) is 0 Å². The molecule has 0 heterocycles. The largest absolute Gasteiger partial charge is 0.423 e. The molecule has 0 saturated heterocycles. The molecule has 0 N–H and O–H groups in total. The lowest BCUT2D eigenvalue weighted by atomic mass is 10.2. The minimum absolute atomic E-state index is 0.328. The van der Waals surface area contributed by atoms with E-state index in [1.165, 1.54) is 0 Å². The number of ether oxygens (including phenoxy) is 1. The molecule has 0 saturated carbocycles. The summed E-state index contributed by atoms with van der Waals surface area (Å²) in [5.74, 6) is 0.240. The second-order valence-corrected chi connectivity index (χ2v) is 4.96. The van der Waals surface area contributed by atoms with Crippen LogP contribution in [0.5, 0.6) is 5.75 Å².